The summed E-state index contributed by atoms with van der Waals surface area (Å²) in [7, 11) is 1.55. The highest BCUT2D eigenvalue weighted by atomic mass is 35.5. The van der Waals surface area contributed by atoms with E-state index in [9.17, 15) is 9.59 Å². The van der Waals surface area contributed by atoms with Crippen LogP contribution in [-0.2, 0) is 9.59 Å². The van der Waals surface area contributed by atoms with E-state index in [2.05, 4.69) is 5.32 Å². The van der Waals surface area contributed by atoms with Crippen molar-refractivity contribution in [1.29, 1.82) is 0 Å². The van der Waals surface area contributed by atoms with Crippen molar-refractivity contribution >= 4 is 29.1 Å². The van der Waals surface area contributed by atoms with E-state index in [4.69, 9.17) is 21.1 Å². The first kappa shape index (κ1) is 19.6. The normalized spacial score (nSPS) is 10.1. The molecule has 0 saturated carbocycles. The number of anilines is 1. The summed E-state index contributed by atoms with van der Waals surface area (Å²) < 4.78 is 10.7. The fourth-order valence-corrected chi connectivity index (χ4v) is 2.46. The van der Waals surface area contributed by atoms with Crippen molar-refractivity contribution in [3.05, 3.63) is 53.6 Å². The summed E-state index contributed by atoms with van der Waals surface area (Å²) in [5.41, 5.74) is 0.661. The molecule has 2 aromatic carbocycles. The number of amides is 2. The zero-order chi connectivity index (χ0) is 18.9. The Hall–Kier alpha value is -2.73. The summed E-state index contributed by atoms with van der Waals surface area (Å²) in [6.45, 7) is 1.97. The highest BCUT2D eigenvalue weighted by Gasteiger charge is 2.15. The van der Waals surface area contributed by atoms with Gasteiger partial charge < -0.3 is 19.7 Å². The van der Waals surface area contributed by atoms with Crippen molar-refractivity contribution in [1.82, 2.24) is 5.32 Å². The van der Waals surface area contributed by atoms with Gasteiger partial charge in [0.15, 0.2) is 6.61 Å². The van der Waals surface area contributed by atoms with Crippen LogP contribution in [0.25, 0.3) is 0 Å². The van der Waals surface area contributed by atoms with Crippen molar-refractivity contribution in [2.45, 2.75) is 6.92 Å². The molecular weight excluding hydrogens is 356 g/mol. The lowest BCUT2D eigenvalue weighted by atomic mass is 10.2. The Balaban J connectivity index is 1.84. The van der Waals surface area contributed by atoms with E-state index in [0.29, 0.717) is 35.3 Å². The molecule has 1 N–H and O–H groups in total. The van der Waals surface area contributed by atoms with Crippen LogP contribution in [0.2, 0.25) is 5.02 Å². The number of rotatable bonds is 8. The maximum Gasteiger partial charge on any atom is 0.258 e. The maximum atomic E-state index is 11.9. The number of carbonyl (C=O) groups is 2. The van der Waals surface area contributed by atoms with Crippen molar-refractivity contribution in [2.75, 3.05) is 31.7 Å². The molecule has 0 aromatic heterocycles. The van der Waals surface area contributed by atoms with Gasteiger partial charge in [0.25, 0.3) is 5.91 Å². The van der Waals surface area contributed by atoms with Gasteiger partial charge >= 0.3 is 0 Å². The second kappa shape index (κ2) is 9.68. The summed E-state index contributed by atoms with van der Waals surface area (Å²) in [5.74, 6) is 0.744. The molecule has 0 aliphatic carbocycles. The van der Waals surface area contributed by atoms with Gasteiger partial charge in [-0.15, -0.1) is 0 Å². The van der Waals surface area contributed by atoms with Crippen LogP contribution in [0.1, 0.15) is 6.92 Å². The Kier molecular flexibility index (Phi) is 7.29. The van der Waals surface area contributed by atoms with Crippen molar-refractivity contribution in [2.24, 2.45) is 0 Å². The summed E-state index contributed by atoms with van der Waals surface area (Å²) in [4.78, 5) is 25.4. The first-order valence-electron chi connectivity index (χ1n) is 8.07. The first-order chi connectivity index (χ1) is 12.5. The molecule has 0 atom stereocenters. The van der Waals surface area contributed by atoms with E-state index >= 15 is 0 Å². The van der Waals surface area contributed by atoms with Crippen LogP contribution < -0.4 is 19.7 Å². The Morgan fingerprint density at radius 2 is 1.81 bits per heavy atom. The Morgan fingerprint density at radius 3 is 2.46 bits per heavy atom. The second-order valence-corrected chi connectivity index (χ2v) is 5.87. The summed E-state index contributed by atoms with van der Waals surface area (Å²) in [6.07, 6.45) is 0. The van der Waals surface area contributed by atoms with Gasteiger partial charge in [-0.1, -0.05) is 23.7 Å². The van der Waals surface area contributed by atoms with E-state index in [1.807, 2.05) is 12.1 Å². The van der Waals surface area contributed by atoms with E-state index in [-0.39, 0.29) is 18.4 Å². The number of halogens is 1. The third kappa shape index (κ3) is 5.67. The molecule has 2 amide bonds. The molecule has 0 heterocycles. The number of ether oxygens (including phenoxy) is 2. The smallest absolute Gasteiger partial charge is 0.258 e. The van der Waals surface area contributed by atoms with Gasteiger partial charge in [0.1, 0.15) is 11.5 Å². The lowest BCUT2D eigenvalue weighted by molar-refractivity contribution is -0.123. The molecule has 138 valence electrons. The molecule has 0 fully saturated rings. The van der Waals surface area contributed by atoms with Gasteiger partial charge in [0.05, 0.1) is 12.8 Å². The average molecular weight is 377 g/mol. The van der Waals surface area contributed by atoms with Crippen molar-refractivity contribution in [3.63, 3.8) is 0 Å². The molecule has 0 spiro atoms. The predicted octanol–water partition coefficient (Wildman–Crippen LogP) is 2.90. The minimum atomic E-state index is -0.275. The largest absolute Gasteiger partial charge is 0.495 e. The maximum absolute atomic E-state index is 11.9. The van der Waals surface area contributed by atoms with Crippen molar-refractivity contribution < 1.29 is 19.1 Å². The molecule has 0 unspecified atom stereocenters. The molecule has 6 nitrogen and oxygen atoms in total. The molecule has 2 rings (SSSR count). The number of hydrogen-bond acceptors (Lipinski definition) is 4. The van der Waals surface area contributed by atoms with E-state index < -0.39 is 0 Å². The molecule has 26 heavy (non-hydrogen) atoms. The van der Waals surface area contributed by atoms with Gasteiger partial charge in [-0.3, -0.25) is 9.59 Å². The van der Waals surface area contributed by atoms with Crippen molar-refractivity contribution in [3.8, 4) is 11.5 Å². The van der Waals surface area contributed by atoms with Crippen LogP contribution in [0.15, 0.2) is 48.5 Å². The molecule has 0 aliphatic heterocycles. The van der Waals surface area contributed by atoms with Gasteiger partial charge in [0.2, 0.25) is 5.91 Å². The van der Waals surface area contributed by atoms with E-state index in [1.165, 1.54) is 6.92 Å². The summed E-state index contributed by atoms with van der Waals surface area (Å²) in [5, 5.41) is 3.33. The molecular formula is C19H21ClN2O4. The number of hydrogen-bond donors (Lipinski definition) is 1. The Morgan fingerprint density at radius 1 is 1.12 bits per heavy atom. The van der Waals surface area contributed by atoms with Crippen LogP contribution in [0, 0.1) is 0 Å². The van der Waals surface area contributed by atoms with Gasteiger partial charge in [-0.2, -0.15) is 0 Å². The molecule has 0 aliphatic rings. The fraction of sp³-hybridized carbons (Fsp3) is 0.263. The number of benzene rings is 2. The predicted molar refractivity (Wildman–Crippen MR) is 101 cm³/mol. The topological polar surface area (TPSA) is 67.9 Å². The van der Waals surface area contributed by atoms with Gasteiger partial charge in [-0.05, 0) is 36.4 Å². The SMILES string of the molecule is COc1ccccc1N(CCNC(=O)COc1ccc(Cl)cc1)C(C)=O. The molecule has 0 radical (unpaired) electrons. The Bertz CT molecular complexity index is 749. The lowest BCUT2D eigenvalue weighted by Crippen LogP contribution is -2.39. The highest BCUT2D eigenvalue weighted by Crippen LogP contribution is 2.27. The lowest BCUT2D eigenvalue weighted by Gasteiger charge is -2.23. The van der Waals surface area contributed by atoms with Gasteiger partial charge in [0, 0.05) is 25.0 Å². The molecule has 7 heteroatoms. The third-order valence-corrected chi connectivity index (χ3v) is 3.85. The van der Waals surface area contributed by atoms with Crippen LogP contribution in [-0.4, -0.2) is 38.6 Å². The second-order valence-electron chi connectivity index (χ2n) is 5.44. The number of methoxy groups -OCH3 is 1. The molecule has 0 bridgehead atoms. The van der Waals surface area contributed by atoms with E-state index in [1.54, 1.807) is 48.4 Å². The van der Waals surface area contributed by atoms with Crippen LogP contribution in [0.4, 0.5) is 5.69 Å². The summed E-state index contributed by atoms with van der Waals surface area (Å²) in [6, 6.07) is 14.0. The number of nitrogens with zero attached hydrogens (tertiary/aromatic N) is 1. The Labute approximate surface area is 157 Å². The average Bonchev–Trinajstić information content (AvgIpc) is 2.64. The molecule has 0 saturated heterocycles. The number of para-hydroxylation sites is 2. The highest BCUT2D eigenvalue weighted by molar-refractivity contribution is 6.30. The fourth-order valence-electron chi connectivity index (χ4n) is 2.34. The number of nitrogens with one attached hydrogen (secondary N) is 1. The van der Waals surface area contributed by atoms with Crippen LogP contribution in [0.3, 0.4) is 0 Å². The van der Waals surface area contributed by atoms with Gasteiger partial charge in [-0.25, -0.2) is 0 Å². The standard InChI is InChI=1S/C19H21ClN2O4/c1-14(23)22(17-5-3-4-6-18(17)25-2)12-11-21-19(24)13-26-16-9-7-15(20)8-10-16/h3-10H,11-13H2,1-2H3,(H,21,24). The third-order valence-electron chi connectivity index (χ3n) is 3.60. The first-order valence-corrected chi connectivity index (χ1v) is 8.45. The van der Waals surface area contributed by atoms with Crippen LogP contribution in [0.5, 0.6) is 11.5 Å². The number of carbonyl (C=O) groups excluding carboxylic acids is 2. The zero-order valence-corrected chi connectivity index (χ0v) is 15.5. The van der Waals surface area contributed by atoms with Crippen LogP contribution >= 0.6 is 11.6 Å². The molecule has 2 aromatic rings. The quantitative estimate of drug-likeness (QED) is 0.769. The van der Waals surface area contributed by atoms with E-state index in [0.717, 1.165) is 0 Å². The minimum Gasteiger partial charge on any atom is -0.495 e. The monoisotopic (exact) mass is 376 g/mol. The summed E-state index contributed by atoms with van der Waals surface area (Å²) >= 11 is 5.79. The zero-order valence-electron chi connectivity index (χ0n) is 14.7. The minimum absolute atomic E-state index is 0.115.